The minimum atomic E-state index is -0.369. The first-order valence-electron chi connectivity index (χ1n) is 11.2. The summed E-state index contributed by atoms with van der Waals surface area (Å²) in [6.45, 7) is 2.78. The molecule has 0 saturated carbocycles. The molecule has 2 N–H and O–H groups in total. The van der Waals surface area contributed by atoms with Crippen molar-refractivity contribution < 1.29 is 14.4 Å². The number of imidazole rings is 1. The van der Waals surface area contributed by atoms with Gasteiger partial charge in [0.05, 0.1) is 17.2 Å². The van der Waals surface area contributed by atoms with Crippen LogP contribution < -0.4 is 10.6 Å². The van der Waals surface area contributed by atoms with Gasteiger partial charge in [-0.15, -0.1) is 0 Å². The van der Waals surface area contributed by atoms with Crippen molar-refractivity contribution in [1.29, 1.82) is 0 Å². The van der Waals surface area contributed by atoms with E-state index in [2.05, 4.69) is 4.98 Å². The highest BCUT2D eigenvalue weighted by molar-refractivity contribution is 5.96. The fourth-order valence-electron chi connectivity index (χ4n) is 4.44. The molecule has 3 amide bonds. The molecule has 1 unspecified atom stereocenters. The number of aryl methyl sites for hydroxylation is 2. The van der Waals surface area contributed by atoms with E-state index >= 15 is 0 Å². The van der Waals surface area contributed by atoms with Crippen LogP contribution in [-0.4, -0.2) is 52.1 Å². The quantitative estimate of drug-likeness (QED) is 0.628. The summed E-state index contributed by atoms with van der Waals surface area (Å²) in [6.07, 6.45) is 4.20. The van der Waals surface area contributed by atoms with Gasteiger partial charge in [-0.05, 0) is 43.9 Å². The molecular weight excluding hydrogens is 418 g/mol. The van der Waals surface area contributed by atoms with Gasteiger partial charge in [0.1, 0.15) is 11.5 Å². The monoisotopic (exact) mass is 447 g/mol. The number of pyridine rings is 1. The number of primary amides is 1. The van der Waals surface area contributed by atoms with Crippen molar-refractivity contribution >= 4 is 29.2 Å². The molecule has 33 heavy (non-hydrogen) atoms. The lowest BCUT2D eigenvalue weighted by atomic mass is 9.97. The minimum absolute atomic E-state index is 0.0270. The fraction of sp³-hybridized carbons (Fsp3) is 0.360. The average molecular weight is 448 g/mol. The number of benzene rings is 1. The summed E-state index contributed by atoms with van der Waals surface area (Å²) >= 11 is 0. The van der Waals surface area contributed by atoms with Crippen LogP contribution >= 0.6 is 0 Å². The second-order valence-electron chi connectivity index (χ2n) is 8.60. The van der Waals surface area contributed by atoms with E-state index in [0.717, 1.165) is 12.0 Å². The van der Waals surface area contributed by atoms with Crippen LogP contribution in [-0.2, 0) is 16.0 Å². The van der Waals surface area contributed by atoms with Crippen LogP contribution in [0, 0.1) is 12.8 Å². The predicted octanol–water partition coefficient (Wildman–Crippen LogP) is 2.58. The van der Waals surface area contributed by atoms with Gasteiger partial charge in [-0.3, -0.25) is 23.7 Å². The Balaban J connectivity index is 1.56. The van der Waals surface area contributed by atoms with Crippen LogP contribution in [0.25, 0.3) is 5.65 Å². The molecule has 1 aliphatic rings. The third kappa shape index (κ3) is 4.74. The second kappa shape index (κ2) is 9.44. The number of amides is 3. The van der Waals surface area contributed by atoms with Gasteiger partial charge in [0.2, 0.25) is 11.8 Å². The Morgan fingerprint density at radius 2 is 1.91 bits per heavy atom. The fourth-order valence-corrected chi connectivity index (χ4v) is 4.44. The summed E-state index contributed by atoms with van der Waals surface area (Å²) in [4.78, 5) is 45.5. The third-order valence-electron chi connectivity index (χ3n) is 6.28. The van der Waals surface area contributed by atoms with E-state index in [9.17, 15) is 14.4 Å². The van der Waals surface area contributed by atoms with Crippen molar-refractivity contribution in [2.75, 3.05) is 25.0 Å². The van der Waals surface area contributed by atoms with Gasteiger partial charge in [-0.1, -0.05) is 30.3 Å². The van der Waals surface area contributed by atoms with Crippen molar-refractivity contribution in [3.8, 4) is 0 Å². The number of fused-ring (bicyclic) bond motifs is 1. The molecule has 1 aliphatic heterocycles. The van der Waals surface area contributed by atoms with Crippen LogP contribution in [0.5, 0.6) is 0 Å². The van der Waals surface area contributed by atoms with E-state index in [1.807, 2.05) is 37.3 Å². The van der Waals surface area contributed by atoms with E-state index < -0.39 is 0 Å². The second-order valence-corrected chi connectivity index (χ2v) is 8.60. The number of hydrogen-bond acceptors (Lipinski definition) is 4. The zero-order valence-electron chi connectivity index (χ0n) is 19.0. The molecule has 0 radical (unpaired) electrons. The molecule has 3 aromatic rings. The maximum Gasteiger partial charge on any atom is 0.255 e. The van der Waals surface area contributed by atoms with Crippen molar-refractivity contribution in [1.82, 2.24) is 14.3 Å². The Kier molecular flexibility index (Phi) is 6.44. The van der Waals surface area contributed by atoms with Gasteiger partial charge in [0.15, 0.2) is 0 Å². The number of hydrogen-bond donors (Lipinski definition) is 1. The summed E-state index contributed by atoms with van der Waals surface area (Å²) in [5.41, 5.74) is 8.43. The SMILES string of the molecule is Cc1nc2ccc(C(=O)N3CCCC(C(N)=O)C3)cn2c1N(C)C(=O)CCc1ccccc1. The summed E-state index contributed by atoms with van der Waals surface area (Å²) in [5.74, 6) is -0.220. The Bertz CT molecular complexity index is 1190. The smallest absolute Gasteiger partial charge is 0.255 e. The molecule has 1 fully saturated rings. The van der Waals surface area contributed by atoms with Gasteiger partial charge in [-0.2, -0.15) is 0 Å². The summed E-state index contributed by atoms with van der Waals surface area (Å²) in [7, 11) is 1.74. The van der Waals surface area contributed by atoms with Crippen LogP contribution in [0.15, 0.2) is 48.7 Å². The Hall–Kier alpha value is -3.68. The van der Waals surface area contributed by atoms with Gasteiger partial charge < -0.3 is 10.6 Å². The van der Waals surface area contributed by atoms with Crippen LogP contribution in [0.3, 0.4) is 0 Å². The summed E-state index contributed by atoms with van der Waals surface area (Å²) in [6, 6.07) is 13.4. The summed E-state index contributed by atoms with van der Waals surface area (Å²) < 4.78 is 1.79. The molecule has 4 rings (SSSR count). The molecule has 1 atom stereocenters. The molecular formula is C25H29N5O3. The molecule has 0 aliphatic carbocycles. The topological polar surface area (TPSA) is 101 Å². The van der Waals surface area contributed by atoms with E-state index in [4.69, 9.17) is 5.73 Å². The highest BCUT2D eigenvalue weighted by Gasteiger charge is 2.28. The Morgan fingerprint density at radius 1 is 1.15 bits per heavy atom. The lowest BCUT2D eigenvalue weighted by Crippen LogP contribution is -2.44. The first-order chi connectivity index (χ1) is 15.8. The molecule has 0 spiro atoms. The van der Waals surface area contributed by atoms with E-state index in [0.29, 0.717) is 55.1 Å². The number of aromatic nitrogens is 2. The molecule has 8 nitrogen and oxygen atoms in total. The minimum Gasteiger partial charge on any atom is -0.369 e. The van der Waals surface area contributed by atoms with E-state index in [-0.39, 0.29) is 23.6 Å². The highest BCUT2D eigenvalue weighted by atomic mass is 16.2. The van der Waals surface area contributed by atoms with Crippen LogP contribution in [0.2, 0.25) is 0 Å². The standard InChI is InChI=1S/C25H29N5O3/c1-17-24(28(2)22(31)13-10-18-7-4-3-5-8-18)30-16-20(11-12-21(30)27-17)25(33)29-14-6-9-19(15-29)23(26)32/h3-5,7-8,11-12,16,19H,6,9-10,13-15H2,1-2H3,(H2,26,32). The third-order valence-corrected chi connectivity index (χ3v) is 6.28. The van der Waals surface area contributed by atoms with Crippen molar-refractivity contribution in [3.63, 3.8) is 0 Å². The number of nitrogens with two attached hydrogens (primary N) is 1. The van der Waals surface area contributed by atoms with Crippen molar-refractivity contribution in [3.05, 3.63) is 65.5 Å². The highest BCUT2D eigenvalue weighted by Crippen LogP contribution is 2.24. The number of rotatable bonds is 6. The Labute approximate surface area is 193 Å². The molecule has 0 bridgehead atoms. The van der Waals surface area contributed by atoms with Crippen LogP contribution in [0.4, 0.5) is 5.82 Å². The predicted molar refractivity (Wildman–Crippen MR) is 126 cm³/mol. The number of carbonyl (C=O) groups is 3. The van der Waals surface area contributed by atoms with Gasteiger partial charge in [0.25, 0.3) is 5.91 Å². The largest absolute Gasteiger partial charge is 0.369 e. The zero-order valence-corrected chi connectivity index (χ0v) is 19.0. The number of anilines is 1. The maximum absolute atomic E-state index is 13.2. The van der Waals surface area contributed by atoms with Gasteiger partial charge >= 0.3 is 0 Å². The first kappa shape index (κ1) is 22.5. The lowest BCUT2D eigenvalue weighted by Gasteiger charge is -2.31. The normalized spacial score (nSPS) is 16.1. The first-order valence-corrected chi connectivity index (χ1v) is 11.2. The lowest BCUT2D eigenvalue weighted by molar-refractivity contribution is -0.123. The average Bonchev–Trinajstić information content (AvgIpc) is 3.17. The van der Waals surface area contributed by atoms with Crippen LogP contribution in [0.1, 0.15) is 40.9 Å². The number of carbonyl (C=O) groups excluding carboxylic acids is 3. The molecule has 8 heteroatoms. The van der Waals surface area contributed by atoms with Crippen molar-refractivity contribution in [2.45, 2.75) is 32.6 Å². The maximum atomic E-state index is 13.2. The molecule has 172 valence electrons. The molecule has 2 aromatic heterocycles. The van der Waals surface area contributed by atoms with Crippen molar-refractivity contribution in [2.24, 2.45) is 11.7 Å². The Morgan fingerprint density at radius 3 is 2.64 bits per heavy atom. The number of nitrogens with zero attached hydrogens (tertiary/aromatic N) is 4. The number of likely N-dealkylation sites (tertiary alicyclic amines) is 1. The molecule has 1 saturated heterocycles. The summed E-state index contributed by atoms with van der Waals surface area (Å²) in [5, 5.41) is 0. The molecule has 3 heterocycles. The van der Waals surface area contributed by atoms with Gasteiger partial charge in [-0.25, -0.2) is 4.98 Å². The van der Waals surface area contributed by atoms with E-state index in [1.54, 1.807) is 39.6 Å². The van der Waals surface area contributed by atoms with Gasteiger partial charge in [0, 0.05) is 32.8 Å². The number of piperidine rings is 1. The molecule has 1 aromatic carbocycles. The van der Waals surface area contributed by atoms with E-state index in [1.165, 1.54) is 0 Å². The zero-order chi connectivity index (χ0) is 23.5.